The first kappa shape index (κ1) is 20.6. The Labute approximate surface area is 170 Å². The van der Waals surface area contributed by atoms with Gasteiger partial charge >= 0.3 is 0 Å². The molecular formula is C21H17F2N3O2S. The number of Topliss-reactive ketones (excluding diaryl/α,β-unsaturated/α-hetero) is 1. The van der Waals surface area contributed by atoms with Crippen LogP contribution in [-0.4, -0.2) is 28.3 Å². The van der Waals surface area contributed by atoms with Crippen LogP contribution in [0.3, 0.4) is 0 Å². The van der Waals surface area contributed by atoms with Gasteiger partial charge in [-0.15, -0.1) is 0 Å². The van der Waals surface area contributed by atoms with Crippen molar-refractivity contribution in [1.29, 1.82) is 0 Å². The van der Waals surface area contributed by atoms with Gasteiger partial charge in [0.05, 0.1) is 11.3 Å². The zero-order valence-electron chi connectivity index (χ0n) is 15.9. The minimum absolute atomic E-state index is 0.0222. The predicted octanol–water partition coefficient (Wildman–Crippen LogP) is 5.21. The van der Waals surface area contributed by atoms with Crippen molar-refractivity contribution in [3.8, 4) is 11.3 Å². The molecule has 1 N–H and O–H groups in total. The van der Waals surface area contributed by atoms with Gasteiger partial charge in [0.2, 0.25) is 0 Å². The molecule has 0 aliphatic heterocycles. The summed E-state index contributed by atoms with van der Waals surface area (Å²) in [5, 5.41) is 2.89. The number of hydrogen-bond acceptors (Lipinski definition) is 6. The molecule has 1 aromatic heterocycles. The molecule has 0 bridgehead atoms. The van der Waals surface area contributed by atoms with Crippen LogP contribution in [0.25, 0.3) is 11.3 Å². The fraction of sp³-hybridized carbons (Fsp3) is 0.143. The van der Waals surface area contributed by atoms with Crippen LogP contribution in [0.5, 0.6) is 0 Å². The lowest BCUT2D eigenvalue weighted by Crippen LogP contribution is -2.07. The maximum atomic E-state index is 14.1. The van der Waals surface area contributed by atoms with Crippen molar-refractivity contribution in [1.82, 2.24) is 9.97 Å². The number of ketones is 1. The number of halogens is 2. The maximum Gasteiger partial charge on any atom is 0.189 e. The van der Waals surface area contributed by atoms with Crippen molar-refractivity contribution >= 4 is 35.3 Å². The van der Waals surface area contributed by atoms with Crippen LogP contribution in [0.15, 0.2) is 41.6 Å². The van der Waals surface area contributed by atoms with Crippen LogP contribution in [0.4, 0.5) is 20.3 Å². The molecule has 0 saturated heterocycles. The lowest BCUT2D eigenvalue weighted by molar-refractivity contribution is 0.101. The van der Waals surface area contributed by atoms with Crippen molar-refractivity contribution < 1.29 is 18.4 Å². The van der Waals surface area contributed by atoms with Gasteiger partial charge in [-0.2, -0.15) is 0 Å². The Morgan fingerprint density at radius 2 is 1.83 bits per heavy atom. The average molecular weight is 413 g/mol. The molecule has 0 aliphatic rings. The largest absolute Gasteiger partial charge is 0.335 e. The summed E-state index contributed by atoms with van der Waals surface area (Å²) in [7, 11) is 0. The molecule has 2 aromatic carbocycles. The number of benzene rings is 2. The van der Waals surface area contributed by atoms with Gasteiger partial charge in [0.15, 0.2) is 17.2 Å². The third-order valence-electron chi connectivity index (χ3n) is 4.33. The molecule has 0 unspecified atom stereocenters. The molecule has 0 fully saturated rings. The highest BCUT2D eigenvalue weighted by atomic mass is 32.2. The number of anilines is 2. The van der Waals surface area contributed by atoms with Crippen molar-refractivity contribution in [3.63, 3.8) is 0 Å². The Hall–Kier alpha value is -3.13. The van der Waals surface area contributed by atoms with Gasteiger partial charge in [-0.3, -0.25) is 9.59 Å². The lowest BCUT2D eigenvalue weighted by Gasteiger charge is -2.15. The molecule has 1 heterocycles. The maximum absolute atomic E-state index is 14.1. The normalized spacial score (nSPS) is 10.7. The molecule has 0 amide bonds. The van der Waals surface area contributed by atoms with Crippen LogP contribution < -0.4 is 5.32 Å². The third kappa shape index (κ3) is 4.17. The van der Waals surface area contributed by atoms with Crippen LogP contribution in [-0.2, 0) is 0 Å². The fourth-order valence-electron chi connectivity index (χ4n) is 2.78. The van der Waals surface area contributed by atoms with Gasteiger partial charge in [-0.05, 0) is 43.9 Å². The Bertz CT molecular complexity index is 1100. The van der Waals surface area contributed by atoms with Gasteiger partial charge in [-0.1, -0.05) is 30.0 Å². The molecule has 0 atom stereocenters. The molecular weight excluding hydrogens is 396 g/mol. The summed E-state index contributed by atoms with van der Waals surface area (Å²) in [6.07, 6.45) is 2.27. The number of thioether (sulfide) groups is 1. The van der Waals surface area contributed by atoms with E-state index < -0.39 is 17.3 Å². The SMILES string of the molecule is CSc1nc(Nc2c(F)cccc2F)c(C=O)c(-c2cc(C(C)=O)ccc2C)n1. The number of aryl methyl sites for hydroxylation is 1. The zero-order chi connectivity index (χ0) is 21.1. The number of para-hydroxylation sites is 1. The monoisotopic (exact) mass is 413 g/mol. The topological polar surface area (TPSA) is 72.0 Å². The van der Waals surface area contributed by atoms with Gasteiger partial charge in [-0.25, -0.2) is 18.7 Å². The number of rotatable bonds is 6. The van der Waals surface area contributed by atoms with E-state index in [1.54, 1.807) is 24.5 Å². The van der Waals surface area contributed by atoms with Crippen LogP contribution in [0, 0.1) is 18.6 Å². The second-order valence-electron chi connectivity index (χ2n) is 6.25. The molecule has 0 saturated carbocycles. The second-order valence-corrected chi connectivity index (χ2v) is 7.02. The van der Waals surface area contributed by atoms with E-state index in [0.717, 1.165) is 17.7 Å². The Kier molecular flexibility index (Phi) is 6.03. The molecule has 0 aliphatic carbocycles. The van der Waals surface area contributed by atoms with E-state index in [2.05, 4.69) is 15.3 Å². The smallest absolute Gasteiger partial charge is 0.189 e. The summed E-state index contributed by atoms with van der Waals surface area (Å²) < 4.78 is 28.2. The van der Waals surface area contributed by atoms with E-state index in [-0.39, 0.29) is 22.9 Å². The standard InChI is InChI=1S/C21H17F2N3O2S/c1-11-7-8-13(12(2)28)9-14(11)18-15(10-27)20(26-21(25-18)29-3)24-19-16(22)5-4-6-17(19)23/h4-10H,1-3H3,(H,24,25,26). The van der Waals surface area contributed by atoms with E-state index in [0.29, 0.717) is 22.6 Å². The summed E-state index contributed by atoms with van der Waals surface area (Å²) in [5.74, 6) is -1.79. The summed E-state index contributed by atoms with van der Waals surface area (Å²) in [6.45, 7) is 3.26. The Balaban J connectivity index is 2.25. The van der Waals surface area contributed by atoms with Gasteiger partial charge in [0, 0.05) is 11.1 Å². The molecule has 29 heavy (non-hydrogen) atoms. The predicted molar refractivity (Wildman–Crippen MR) is 109 cm³/mol. The second kappa shape index (κ2) is 8.48. The molecule has 0 spiro atoms. The number of hydrogen-bond donors (Lipinski definition) is 1. The Morgan fingerprint density at radius 3 is 2.41 bits per heavy atom. The molecule has 3 aromatic rings. The zero-order valence-corrected chi connectivity index (χ0v) is 16.7. The highest BCUT2D eigenvalue weighted by Gasteiger charge is 2.20. The van der Waals surface area contributed by atoms with Crippen LogP contribution >= 0.6 is 11.8 Å². The number of carbonyl (C=O) groups excluding carboxylic acids is 2. The first-order valence-corrected chi connectivity index (χ1v) is 9.82. The quantitative estimate of drug-likeness (QED) is 0.259. The highest BCUT2D eigenvalue weighted by molar-refractivity contribution is 7.98. The molecule has 3 rings (SSSR count). The number of nitrogens with zero attached hydrogens (tertiary/aromatic N) is 2. The van der Waals surface area contributed by atoms with Crippen LogP contribution in [0.1, 0.15) is 33.2 Å². The van der Waals surface area contributed by atoms with Crippen molar-refractivity contribution in [2.24, 2.45) is 0 Å². The minimum atomic E-state index is -0.817. The van der Waals surface area contributed by atoms with E-state index in [4.69, 9.17) is 0 Å². The number of carbonyl (C=O) groups is 2. The van der Waals surface area contributed by atoms with Crippen molar-refractivity contribution in [3.05, 3.63) is 64.7 Å². The lowest BCUT2D eigenvalue weighted by atomic mass is 9.98. The van der Waals surface area contributed by atoms with E-state index in [1.165, 1.54) is 24.8 Å². The molecule has 5 nitrogen and oxygen atoms in total. The minimum Gasteiger partial charge on any atom is -0.335 e. The first-order valence-electron chi connectivity index (χ1n) is 8.60. The molecule has 148 valence electrons. The van der Waals surface area contributed by atoms with Gasteiger partial charge in [0.25, 0.3) is 0 Å². The van der Waals surface area contributed by atoms with Crippen LogP contribution in [0.2, 0.25) is 0 Å². The summed E-state index contributed by atoms with van der Waals surface area (Å²) in [5.41, 5.74) is 1.71. The number of aromatic nitrogens is 2. The molecule has 8 heteroatoms. The summed E-state index contributed by atoms with van der Waals surface area (Å²) >= 11 is 1.21. The van der Waals surface area contributed by atoms with E-state index in [9.17, 15) is 18.4 Å². The first-order chi connectivity index (χ1) is 13.8. The van der Waals surface area contributed by atoms with Crippen molar-refractivity contribution in [2.75, 3.05) is 11.6 Å². The third-order valence-corrected chi connectivity index (χ3v) is 4.88. The average Bonchev–Trinajstić information content (AvgIpc) is 2.70. The fourth-order valence-corrected chi connectivity index (χ4v) is 3.15. The Morgan fingerprint density at radius 1 is 1.14 bits per heavy atom. The number of aldehydes is 1. The van der Waals surface area contributed by atoms with Crippen molar-refractivity contribution in [2.45, 2.75) is 19.0 Å². The highest BCUT2D eigenvalue weighted by Crippen LogP contribution is 2.33. The van der Waals surface area contributed by atoms with E-state index >= 15 is 0 Å². The molecule has 0 radical (unpaired) electrons. The summed E-state index contributed by atoms with van der Waals surface area (Å²) in [6, 6.07) is 8.53. The van der Waals surface area contributed by atoms with Gasteiger partial charge in [0.1, 0.15) is 23.1 Å². The van der Waals surface area contributed by atoms with E-state index in [1.807, 2.05) is 6.92 Å². The summed E-state index contributed by atoms with van der Waals surface area (Å²) in [4.78, 5) is 32.4. The van der Waals surface area contributed by atoms with Gasteiger partial charge < -0.3 is 5.32 Å². The number of nitrogens with one attached hydrogen (secondary N) is 1.